The number of rotatable bonds is 2. The van der Waals surface area contributed by atoms with Crippen LogP contribution in [0.15, 0.2) is 18.2 Å². The highest BCUT2D eigenvalue weighted by molar-refractivity contribution is 5.89. The van der Waals surface area contributed by atoms with Crippen molar-refractivity contribution < 1.29 is 14.3 Å². The Hall–Kier alpha value is -2.77. The van der Waals surface area contributed by atoms with Gasteiger partial charge in [-0.05, 0) is 19.1 Å². The van der Waals surface area contributed by atoms with Crippen LogP contribution in [-0.4, -0.2) is 38.0 Å². The van der Waals surface area contributed by atoms with Gasteiger partial charge in [-0.15, -0.1) is 0 Å². The van der Waals surface area contributed by atoms with Gasteiger partial charge < -0.3 is 19.7 Å². The Bertz CT molecular complexity index is 834. The summed E-state index contributed by atoms with van der Waals surface area (Å²) in [5, 5.41) is 7.23. The molecule has 0 fully saturated rings. The summed E-state index contributed by atoms with van der Waals surface area (Å²) in [6, 6.07) is 5.27. The average molecular weight is 343 g/mol. The summed E-state index contributed by atoms with van der Waals surface area (Å²) in [7, 11) is 0. The van der Waals surface area contributed by atoms with Crippen LogP contribution in [0.1, 0.15) is 31.9 Å². The molecule has 0 saturated carbocycles. The Kier molecular flexibility index (Phi) is 3.55. The topological polar surface area (TPSA) is 81.5 Å². The minimum Gasteiger partial charge on any atom is -0.449 e. The Morgan fingerprint density at radius 1 is 1.32 bits per heavy atom. The summed E-state index contributed by atoms with van der Waals surface area (Å²) < 4.78 is 13.5. The molecule has 0 bridgehead atoms. The Morgan fingerprint density at radius 3 is 2.92 bits per heavy atom. The molecule has 0 aliphatic carbocycles. The van der Waals surface area contributed by atoms with Crippen molar-refractivity contribution in [3.05, 3.63) is 29.8 Å². The minimum atomic E-state index is -0.639. The maximum Gasteiger partial charge on any atom is 0.322 e. The van der Waals surface area contributed by atoms with E-state index >= 15 is 0 Å². The van der Waals surface area contributed by atoms with E-state index in [4.69, 9.17) is 9.47 Å². The van der Waals surface area contributed by atoms with Gasteiger partial charge >= 0.3 is 6.03 Å². The van der Waals surface area contributed by atoms with Crippen LogP contribution in [-0.2, 0) is 13.1 Å². The number of nitrogens with one attached hydrogen (secondary N) is 1. The third-order valence-corrected chi connectivity index (χ3v) is 4.54. The molecule has 132 valence electrons. The van der Waals surface area contributed by atoms with Crippen LogP contribution in [0.25, 0.3) is 0 Å². The number of hydrogen-bond acceptors (Lipinski definition) is 5. The van der Waals surface area contributed by atoms with Gasteiger partial charge in [0.25, 0.3) is 0 Å². The minimum absolute atomic E-state index is 0.163. The van der Waals surface area contributed by atoms with Crippen molar-refractivity contribution in [2.45, 2.75) is 46.1 Å². The molecule has 0 saturated heterocycles. The second-order valence-electron chi connectivity index (χ2n) is 6.50. The first-order valence-electron chi connectivity index (χ1n) is 8.44. The molecular weight excluding hydrogens is 322 g/mol. The summed E-state index contributed by atoms with van der Waals surface area (Å²) in [6.07, 6.45) is 0.733. The van der Waals surface area contributed by atoms with E-state index in [1.165, 1.54) is 0 Å². The summed E-state index contributed by atoms with van der Waals surface area (Å²) in [5.74, 6) is 2.25. The van der Waals surface area contributed by atoms with Crippen LogP contribution < -0.4 is 14.8 Å². The summed E-state index contributed by atoms with van der Waals surface area (Å²) in [6.45, 7) is 7.46. The Balaban J connectivity index is 1.45. The van der Waals surface area contributed by atoms with Gasteiger partial charge in [0.1, 0.15) is 11.6 Å². The average Bonchev–Trinajstić information content (AvgIpc) is 3.12. The van der Waals surface area contributed by atoms with Gasteiger partial charge in [-0.25, -0.2) is 14.5 Å². The SMILES string of the molecule is CCC1(C)Oc2ccc(NC(=O)N3CCn4nc(C)nc4C3)cc2O1. The molecule has 3 heterocycles. The smallest absolute Gasteiger partial charge is 0.322 e. The van der Waals surface area contributed by atoms with E-state index in [9.17, 15) is 4.79 Å². The highest BCUT2D eigenvalue weighted by Gasteiger charge is 2.35. The fourth-order valence-corrected chi connectivity index (χ4v) is 3.02. The molecule has 1 aromatic carbocycles. The number of ether oxygens (including phenoxy) is 2. The largest absolute Gasteiger partial charge is 0.449 e. The molecule has 25 heavy (non-hydrogen) atoms. The molecule has 0 spiro atoms. The number of benzene rings is 1. The number of aromatic nitrogens is 3. The predicted molar refractivity (Wildman–Crippen MR) is 90.6 cm³/mol. The predicted octanol–water partition coefficient (Wildman–Crippen LogP) is 2.53. The summed E-state index contributed by atoms with van der Waals surface area (Å²) in [4.78, 5) is 18.6. The molecule has 8 heteroatoms. The Morgan fingerprint density at radius 2 is 2.12 bits per heavy atom. The standard InChI is InChI=1S/C17H21N5O3/c1-4-17(3)24-13-6-5-12(9-14(13)25-17)19-16(23)21-7-8-22-15(10-21)18-11(2)20-22/h5-6,9H,4,7-8,10H2,1-3H3,(H,19,23). The van der Waals surface area contributed by atoms with E-state index in [1.54, 1.807) is 11.0 Å². The molecule has 2 aliphatic rings. The van der Waals surface area contributed by atoms with E-state index in [2.05, 4.69) is 15.4 Å². The monoisotopic (exact) mass is 343 g/mol. The first-order chi connectivity index (χ1) is 12.0. The van der Waals surface area contributed by atoms with E-state index in [0.29, 0.717) is 36.8 Å². The molecule has 2 aliphatic heterocycles. The number of carbonyl (C=O) groups excluding carboxylic acids is 1. The maximum atomic E-state index is 12.6. The number of carbonyl (C=O) groups is 1. The lowest BCUT2D eigenvalue weighted by atomic mass is 10.2. The molecular formula is C17H21N5O3. The van der Waals surface area contributed by atoms with Gasteiger partial charge in [-0.1, -0.05) is 6.92 Å². The molecule has 1 atom stereocenters. The number of fused-ring (bicyclic) bond motifs is 2. The first-order valence-corrected chi connectivity index (χ1v) is 8.44. The van der Waals surface area contributed by atoms with Gasteiger partial charge in [0.2, 0.25) is 5.79 Å². The van der Waals surface area contributed by atoms with Crippen molar-refractivity contribution >= 4 is 11.7 Å². The van der Waals surface area contributed by atoms with Gasteiger partial charge in [0.05, 0.1) is 13.1 Å². The summed E-state index contributed by atoms with van der Waals surface area (Å²) in [5.41, 5.74) is 0.677. The normalized spacial score (nSPS) is 21.2. The van der Waals surface area contributed by atoms with Crippen LogP contribution in [0.5, 0.6) is 11.5 Å². The lowest BCUT2D eigenvalue weighted by Crippen LogP contribution is -2.41. The molecule has 1 unspecified atom stereocenters. The van der Waals surface area contributed by atoms with Gasteiger partial charge in [-0.2, -0.15) is 5.10 Å². The van der Waals surface area contributed by atoms with E-state index in [1.807, 2.05) is 37.6 Å². The molecule has 2 aromatic rings. The summed E-state index contributed by atoms with van der Waals surface area (Å²) >= 11 is 0. The molecule has 0 radical (unpaired) electrons. The number of anilines is 1. The van der Waals surface area contributed by atoms with Crippen molar-refractivity contribution in [3.63, 3.8) is 0 Å². The van der Waals surface area contributed by atoms with Crippen LogP contribution >= 0.6 is 0 Å². The second kappa shape index (κ2) is 5.65. The number of aryl methyl sites for hydroxylation is 1. The lowest BCUT2D eigenvalue weighted by Gasteiger charge is -2.26. The Labute approximate surface area is 145 Å². The third kappa shape index (κ3) is 2.88. The second-order valence-corrected chi connectivity index (χ2v) is 6.50. The molecule has 8 nitrogen and oxygen atoms in total. The first kappa shape index (κ1) is 15.7. The van der Waals surface area contributed by atoms with Crippen LogP contribution in [0.2, 0.25) is 0 Å². The zero-order chi connectivity index (χ0) is 17.6. The molecule has 1 aromatic heterocycles. The van der Waals surface area contributed by atoms with E-state index in [-0.39, 0.29) is 6.03 Å². The van der Waals surface area contributed by atoms with Crippen molar-refractivity contribution in [1.82, 2.24) is 19.7 Å². The van der Waals surface area contributed by atoms with Crippen molar-refractivity contribution in [1.29, 1.82) is 0 Å². The zero-order valence-electron chi connectivity index (χ0n) is 14.6. The number of hydrogen-bond donors (Lipinski definition) is 1. The van der Waals surface area contributed by atoms with Crippen LogP contribution in [0.3, 0.4) is 0 Å². The maximum absolute atomic E-state index is 12.6. The van der Waals surface area contributed by atoms with Crippen molar-refractivity contribution in [3.8, 4) is 11.5 Å². The quantitative estimate of drug-likeness (QED) is 0.906. The fraction of sp³-hybridized carbons (Fsp3) is 0.471. The molecule has 1 N–H and O–H groups in total. The fourth-order valence-electron chi connectivity index (χ4n) is 3.02. The van der Waals surface area contributed by atoms with E-state index < -0.39 is 5.79 Å². The van der Waals surface area contributed by atoms with E-state index in [0.717, 1.165) is 18.1 Å². The van der Waals surface area contributed by atoms with Crippen LogP contribution in [0, 0.1) is 6.92 Å². The highest BCUT2D eigenvalue weighted by atomic mass is 16.7. The highest BCUT2D eigenvalue weighted by Crippen LogP contribution is 2.42. The number of urea groups is 1. The van der Waals surface area contributed by atoms with Crippen molar-refractivity contribution in [2.75, 3.05) is 11.9 Å². The lowest BCUT2D eigenvalue weighted by molar-refractivity contribution is -0.0640. The number of nitrogens with zero attached hydrogens (tertiary/aromatic N) is 4. The van der Waals surface area contributed by atoms with Gasteiger partial charge in [-0.3, -0.25) is 0 Å². The number of amides is 2. The van der Waals surface area contributed by atoms with Gasteiger partial charge in [0, 0.05) is 31.6 Å². The molecule has 4 rings (SSSR count). The van der Waals surface area contributed by atoms with Crippen molar-refractivity contribution in [2.24, 2.45) is 0 Å². The molecule has 2 amide bonds. The zero-order valence-corrected chi connectivity index (χ0v) is 14.6. The third-order valence-electron chi connectivity index (χ3n) is 4.54. The van der Waals surface area contributed by atoms with Crippen LogP contribution in [0.4, 0.5) is 10.5 Å². The van der Waals surface area contributed by atoms with Gasteiger partial charge in [0.15, 0.2) is 11.5 Å².